The Bertz CT molecular complexity index is 461. The van der Waals surface area contributed by atoms with E-state index in [1.165, 1.54) is 0 Å². The van der Waals surface area contributed by atoms with Gasteiger partial charge in [-0.15, -0.1) is 0 Å². The number of anilines is 1. The van der Waals surface area contributed by atoms with Crippen molar-refractivity contribution in [1.29, 1.82) is 0 Å². The largest absolute Gasteiger partial charge is 0.389 e. The third-order valence-electron chi connectivity index (χ3n) is 2.64. The molecule has 0 bridgehead atoms. The van der Waals surface area contributed by atoms with E-state index in [1.807, 2.05) is 0 Å². The molecule has 7 heteroatoms. The quantitative estimate of drug-likeness (QED) is 0.792. The fourth-order valence-corrected chi connectivity index (χ4v) is 1.68. The zero-order valence-electron chi connectivity index (χ0n) is 11.5. The minimum atomic E-state index is -4.13. The molecule has 20 heavy (non-hydrogen) atoms. The molecular weight excluding hydrogens is 271 g/mol. The van der Waals surface area contributed by atoms with Gasteiger partial charge in [-0.2, -0.15) is 13.2 Å². The van der Waals surface area contributed by atoms with Gasteiger partial charge in [0.1, 0.15) is 5.82 Å². The summed E-state index contributed by atoms with van der Waals surface area (Å²) in [5.74, 6) is 0.270. The van der Waals surface area contributed by atoms with Crippen LogP contribution in [0.15, 0.2) is 12.1 Å². The summed E-state index contributed by atoms with van der Waals surface area (Å²) in [5, 5.41) is 5.44. The maximum absolute atomic E-state index is 11.9. The van der Waals surface area contributed by atoms with Gasteiger partial charge in [-0.25, -0.2) is 4.98 Å². The smallest absolute Gasteiger partial charge is 0.373 e. The van der Waals surface area contributed by atoms with E-state index < -0.39 is 12.6 Å². The molecule has 0 fully saturated rings. The summed E-state index contributed by atoms with van der Waals surface area (Å²) in [6.07, 6.45) is -4.63. The number of aryl methyl sites for hydroxylation is 1. The molecule has 0 radical (unpaired) electrons. The maximum atomic E-state index is 11.9. The average Bonchev–Trinajstić information content (AvgIpc) is 2.36. The molecule has 0 atom stereocenters. The average molecular weight is 289 g/mol. The summed E-state index contributed by atoms with van der Waals surface area (Å²) >= 11 is 0. The number of nitrogens with one attached hydrogen (secondary N) is 2. The van der Waals surface area contributed by atoms with E-state index >= 15 is 0 Å². The van der Waals surface area contributed by atoms with Gasteiger partial charge in [-0.05, 0) is 31.9 Å². The third kappa shape index (κ3) is 5.90. The summed E-state index contributed by atoms with van der Waals surface area (Å²) in [7, 11) is 1.70. The topological polar surface area (TPSA) is 54.0 Å². The number of pyridine rings is 1. The van der Waals surface area contributed by atoms with Crippen LogP contribution < -0.4 is 10.6 Å². The van der Waals surface area contributed by atoms with Crippen molar-refractivity contribution in [2.45, 2.75) is 32.4 Å². The number of alkyl halides is 3. The number of hydrogen-bond donors (Lipinski definition) is 2. The SMILES string of the molecule is CNc1cc(C(=O)NCCCCC(F)(F)F)cc(C)n1. The lowest BCUT2D eigenvalue weighted by molar-refractivity contribution is -0.135. The third-order valence-corrected chi connectivity index (χ3v) is 2.64. The number of amides is 1. The second-order valence-electron chi connectivity index (χ2n) is 4.46. The Kier molecular flexibility index (Phi) is 5.79. The molecule has 0 spiro atoms. The van der Waals surface area contributed by atoms with Crippen LogP contribution in [0.1, 0.15) is 35.3 Å². The molecule has 0 aliphatic carbocycles. The van der Waals surface area contributed by atoms with Crippen molar-refractivity contribution in [3.63, 3.8) is 0 Å². The van der Waals surface area contributed by atoms with E-state index in [0.29, 0.717) is 23.5 Å². The van der Waals surface area contributed by atoms with E-state index in [-0.39, 0.29) is 18.9 Å². The van der Waals surface area contributed by atoms with Crippen molar-refractivity contribution >= 4 is 11.7 Å². The molecule has 0 saturated heterocycles. The summed E-state index contributed by atoms with van der Waals surface area (Å²) < 4.78 is 35.8. The van der Waals surface area contributed by atoms with Crippen LogP contribution in [0.3, 0.4) is 0 Å². The highest BCUT2D eigenvalue weighted by Gasteiger charge is 2.25. The second kappa shape index (κ2) is 7.12. The zero-order valence-corrected chi connectivity index (χ0v) is 11.5. The predicted molar refractivity (Wildman–Crippen MR) is 70.8 cm³/mol. The molecule has 1 aromatic rings. The monoisotopic (exact) mass is 289 g/mol. The van der Waals surface area contributed by atoms with Crippen molar-refractivity contribution in [2.24, 2.45) is 0 Å². The standard InChI is InChI=1S/C13H18F3N3O/c1-9-7-10(8-11(17-2)19-9)12(20)18-6-4-3-5-13(14,15)16/h7-8H,3-6H2,1-2H3,(H,17,19)(H,18,20). The van der Waals surface area contributed by atoms with Crippen LogP contribution in [0.2, 0.25) is 0 Å². The van der Waals surface area contributed by atoms with Crippen LogP contribution in [0, 0.1) is 6.92 Å². The normalized spacial score (nSPS) is 11.2. The van der Waals surface area contributed by atoms with Crippen molar-refractivity contribution in [1.82, 2.24) is 10.3 Å². The number of halogens is 3. The second-order valence-corrected chi connectivity index (χ2v) is 4.46. The van der Waals surface area contributed by atoms with Gasteiger partial charge in [0.2, 0.25) is 0 Å². The lowest BCUT2D eigenvalue weighted by atomic mass is 10.2. The summed E-state index contributed by atoms with van der Waals surface area (Å²) in [6.45, 7) is 1.99. The minimum Gasteiger partial charge on any atom is -0.373 e. The summed E-state index contributed by atoms with van der Waals surface area (Å²) in [5.41, 5.74) is 1.14. The molecule has 0 saturated carbocycles. The van der Waals surface area contributed by atoms with Gasteiger partial charge < -0.3 is 10.6 Å². The van der Waals surface area contributed by atoms with Crippen molar-refractivity contribution < 1.29 is 18.0 Å². The Balaban J connectivity index is 2.41. The molecular formula is C13H18F3N3O. The zero-order chi connectivity index (χ0) is 15.2. The van der Waals surface area contributed by atoms with Crippen LogP contribution >= 0.6 is 0 Å². The van der Waals surface area contributed by atoms with Gasteiger partial charge in [0.15, 0.2) is 0 Å². The van der Waals surface area contributed by atoms with Crippen LogP contribution in [-0.2, 0) is 0 Å². The molecule has 0 unspecified atom stereocenters. The maximum Gasteiger partial charge on any atom is 0.389 e. The fraction of sp³-hybridized carbons (Fsp3) is 0.538. The number of unbranched alkanes of at least 4 members (excludes halogenated alkanes) is 1. The molecule has 1 heterocycles. The highest BCUT2D eigenvalue weighted by Crippen LogP contribution is 2.21. The first kappa shape index (κ1) is 16.3. The van der Waals surface area contributed by atoms with Gasteiger partial charge in [-0.1, -0.05) is 0 Å². The Labute approximate surface area is 115 Å². The highest BCUT2D eigenvalue weighted by molar-refractivity contribution is 5.94. The van der Waals surface area contributed by atoms with Crippen LogP contribution in [0.5, 0.6) is 0 Å². The highest BCUT2D eigenvalue weighted by atomic mass is 19.4. The van der Waals surface area contributed by atoms with Gasteiger partial charge in [0.05, 0.1) is 0 Å². The van der Waals surface area contributed by atoms with E-state index in [4.69, 9.17) is 0 Å². The molecule has 4 nitrogen and oxygen atoms in total. The Morgan fingerprint density at radius 3 is 2.60 bits per heavy atom. The first-order valence-electron chi connectivity index (χ1n) is 6.33. The van der Waals surface area contributed by atoms with E-state index in [0.717, 1.165) is 0 Å². The molecule has 0 aliphatic heterocycles. The molecule has 2 N–H and O–H groups in total. The number of hydrogen-bond acceptors (Lipinski definition) is 3. The predicted octanol–water partition coefficient (Wildman–Crippen LogP) is 2.89. The summed E-state index contributed by atoms with van der Waals surface area (Å²) in [4.78, 5) is 16.0. The fourth-order valence-electron chi connectivity index (χ4n) is 1.68. The number of nitrogens with zero attached hydrogens (tertiary/aromatic N) is 1. The van der Waals surface area contributed by atoms with E-state index in [9.17, 15) is 18.0 Å². The number of carbonyl (C=O) groups is 1. The van der Waals surface area contributed by atoms with Crippen LogP contribution in [0.4, 0.5) is 19.0 Å². The summed E-state index contributed by atoms with van der Waals surface area (Å²) in [6, 6.07) is 3.23. The molecule has 1 aromatic heterocycles. The minimum absolute atomic E-state index is 0.0148. The van der Waals surface area contributed by atoms with Gasteiger partial charge >= 0.3 is 6.18 Å². The number of rotatable bonds is 6. The molecule has 1 amide bonds. The Morgan fingerprint density at radius 2 is 2.00 bits per heavy atom. The van der Waals surface area contributed by atoms with Crippen LogP contribution in [-0.4, -0.2) is 30.7 Å². The van der Waals surface area contributed by atoms with Crippen molar-refractivity contribution in [3.8, 4) is 0 Å². The lowest BCUT2D eigenvalue weighted by Gasteiger charge is -2.08. The van der Waals surface area contributed by atoms with Crippen LogP contribution in [0.25, 0.3) is 0 Å². The van der Waals surface area contributed by atoms with Gasteiger partial charge in [0.25, 0.3) is 5.91 Å². The Morgan fingerprint density at radius 1 is 1.30 bits per heavy atom. The first-order chi connectivity index (χ1) is 9.31. The molecule has 0 aromatic carbocycles. The van der Waals surface area contributed by atoms with E-state index in [1.54, 1.807) is 26.1 Å². The first-order valence-corrected chi connectivity index (χ1v) is 6.33. The van der Waals surface area contributed by atoms with Gasteiger partial charge in [0, 0.05) is 31.3 Å². The lowest BCUT2D eigenvalue weighted by Crippen LogP contribution is -2.25. The van der Waals surface area contributed by atoms with Gasteiger partial charge in [-0.3, -0.25) is 4.79 Å². The van der Waals surface area contributed by atoms with E-state index in [2.05, 4.69) is 15.6 Å². The number of carbonyl (C=O) groups excluding carboxylic acids is 1. The molecule has 0 aliphatic rings. The molecule has 1 rings (SSSR count). The van der Waals surface area contributed by atoms with Crippen molar-refractivity contribution in [3.05, 3.63) is 23.4 Å². The Hall–Kier alpha value is -1.79. The number of aromatic nitrogens is 1. The van der Waals surface area contributed by atoms with Crippen molar-refractivity contribution in [2.75, 3.05) is 18.9 Å². The molecule has 112 valence electrons.